The number of likely N-dealkylation sites (tertiary alicyclic amines) is 1. The molecule has 1 saturated heterocycles. The Labute approximate surface area is 168 Å². The van der Waals surface area contributed by atoms with Gasteiger partial charge >= 0.3 is 0 Å². The van der Waals surface area contributed by atoms with Crippen molar-refractivity contribution in [3.05, 3.63) is 69.2 Å². The van der Waals surface area contributed by atoms with E-state index in [1.54, 1.807) is 6.07 Å². The van der Waals surface area contributed by atoms with Crippen LogP contribution in [0.4, 0.5) is 11.4 Å². The molecule has 1 fully saturated rings. The van der Waals surface area contributed by atoms with Gasteiger partial charge in [0.05, 0.1) is 4.92 Å². The van der Waals surface area contributed by atoms with E-state index in [4.69, 9.17) is 11.6 Å². The van der Waals surface area contributed by atoms with Crippen molar-refractivity contribution < 1.29 is 14.8 Å². The molecule has 0 aliphatic carbocycles. The number of aliphatic hydroxyl groups excluding tert-OH is 1. The number of carbonyl (C=O) groups excluding carboxylic acids is 1. The first-order valence-corrected chi connectivity index (χ1v) is 9.52. The third-order valence-electron chi connectivity index (χ3n) is 4.95. The fraction of sp³-hybridized carbons (Fsp3) is 0.350. The van der Waals surface area contributed by atoms with Gasteiger partial charge in [0.1, 0.15) is 11.1 Å². The first-order valence-electron chi connectivity index (χ1n) is 9.14. The standard InChI is InChI=1S/C20H22ClN3O4/c21-17-9-8-16(11-18(17)24(27)28)22-20(26)19(15-6-2-1-3-7-15)23-10-4-5-14(12-23)13-25/h1-3,6-9,11,14,19,25H,4-5,10,12-13H2,(H,22,26). The average molecular weight is 404 g/mol. The molecule has 2 aromatic rings. The smallest absolute Gasteiger partial charge is 0.289 e. The molecule has 0 aromatic heterocycles. The van der Waals surface area contributed by atoms with Crippen LogP contribution in [-0.2, 0) is 4.79 Å². The Morgan fingerprint density at radius 3 is 2.75 bits per heavy atom. The quantitative estimate of drug-likeness (QED) is 0.567. The summed E-state index contributed by atoms with van der Waals surface area (Å²) in [6.07, 6.45) is 1.83. The van der Waals surface area contributed by atoms with Crippen molar-refractivity contribution in [1.82, 2.24) is 4.90 Å². The lowest BCUT2D eigenvalue weighted by Crippen LogP contribution is -2.44. The van der Waals surface area contributed by atoms with E-state index in [0.29, 0.717) is 12.2 Å². The maximum Gasteiger partial charge on any atom is 0.289 e. The number of nitro benzene ring substituents is 1. The van der Waals surface area contributed by atoms with Gasteiger partial charge in [-0.2, -0.15) is 0 Å². The summed E-state index contributed by atoms with van der Waals surface area (Å²) in [4.78, 5) is 25.7. The van der Waals surface area contributed by atoms with Crippen LogP contribution >= 0.6 is 11.6 Å². The fourth-order valence-electron chi connectivity index (χ4n) is 3.59. The summed E-state index contributed by atoms with van der Waals surface area (Å²) >= 11 is 5.85. The summed E-state index contributed by atoms with van der Waals surface area (Å²) in [6.45, 7) is 1.44. The Kier molecular flexibility index (Phi) is 6.61. The van der Waals surface area contributed by atoms with Crippen LogP contribution in [0, 0.1) is 16.0 Å². The van der Waals surface area contributed by atoms with Crippen molar-refractivity contribution in [1.29, 1.82) is 0 Å². The Morgan fingerprint density at radius 2 is 2.07 bits per heavy atom. The lowest BCUT2D eigenvalue weighted by atomic mass is 9.95. The van der Waals surface area contributed by atoms with Crippen LogP contribution in [0.5, 0.6) is 0 Å². The van der Waals surface area contributed by atoms with E-state index >= 15 is 0 Å². The number of hydrogen-bond acceptors (Lipinski definition) is 5. The number of aliphatic hydroxyl groups is 1. The summed E-state index contributed by atoms with van der Waals surface area (Å²) in [5.41, 5.74) is 0.897. The molecular formula is C20H22ClN3O4. The number of nitro groups is 1. The van der Waals surface area contributed by atoms with E-state index in [0.717, 1.165) is 24.9 Å². The van der Waals surface area contributed by atoms with Gasteiger partial charge in [0.2, 0.25) is 5.91 Å². The third-order valence-corrected chi connectivity index (χ3v) is 5.27. The second-order valence-corrected chi connectivity index (χ2v) is 7.32. The highest BCUT2D eigenvalue weighted by molar-refractivity contribution is 6.32. The van der Waals surface area contributed by atoms with E-state index < -0.39 is 11.0 Å². The van der Waals surface area contributed by atoms with Crippen molar-refractivity contribution in [2.24, 2.45) is 5.92 Å². The van der Waals surface area contributed by atoms with E-state index in [9.17, 15) is 20.0 Å². The number of nitrogens with zero attached hydrogens (tertiary/aromatic N) is 2. The van der Waals surface area contributed by atoms with Crippen molar-refractivity contribution >= 4 is 28.9 Å². The summed E-state index contributed by atoms with van der Waals surface area (Å²) in [6, 6.07) is 13.0. The highest BCUT2D eigenvalue weighted by atomic mass is 35.5. The van der Waals surface area contributed by atoms with Crippen LogP contribution in [0.1, 0.15) is 24.4 Å². The third kappa shape index (κ3) is 4.67. The second-order valence-electron chi connectivity index (χ2n) is 6.91. The van der Waals surface area contributed by atoms with Crippen molar-refractivity contribution in [2.45, 2.75) is 18.9 Å². The maximum absolute atomic E-state index is 13.2. The van der Waals surface area contributed by atoms with Gasteiger partial charge in [0.15, 0.2) is 0 Å². The first-order chi connectivity index (χ1) is 13.5. The molecule has 0 saturated carbocycles. The van der Waals surface area contributed by atoms with Crippen molar-refractivity contribution in [3.8, 4) is 0 Å². The molecule has 2 N–H and O–H groups in total. The monoisotopic (exact) mass is 403 g/mol. The molecule has 1 aliphatic rings. The van der Waals surface area contributed by atoms with Crippen LogP contribution < -0.4 is 5.32 Å². The first kappa shape index (κ1) is 20.3. The minimum atomic E-state index is -0.580. The maximum atomic E-state index is 13.2. The molecule has 0 radical (unpaired) electrons. The van der Waals surface area contributed by atoms with Crippen LogP contribution in [0.25, 0.3) is 0 Å². The molecule has 0 spiro atoms. The number of piperidine rings is 1. The minimum Gasteiger partial charge on any atom is -0.396 e. The number of nitrogens with one attached hydrogen (secondary N) is 1. The topological polar surface area (TPSA) is 95.7 Å². The molecule has 7 nitrogen and oxygen atoms in total. The number of hydrogen-bond donors (Lipinski definition) is 2. The average Bonchev–Trinajstić information content (AvgIpc) is 2.70. The number of rotatable bonds is 6. The van der Waals surface area contributed by atoms with Gasteiger partial charge in [0.25, 0.3) is 5.69 Å². The zero-order valence-corrected chi connectivity index (χ0v) is 16.0. The SMILES string of the molecule is O=C(Nc1ccc(Cl)c([N+](=O)[O-])c1)C(c1ccccc1)N1CCCC(CO)C1. The van der Waals surface area contributed by atoms with Crippen LogP contribution in [0.3, 0.4) is 0 Å². The number of amides is 1. The molecular weight excluding hydrogens is 382 g/mol. The molecule has 1 amide bonds. The molecule has 2 unspecified atom stereocenters. The van der Waals surface area contributed by atoms with Crippen LogP contribution in [0.15, 0.2) is 48.5 Å². The van der Waals surface area contributed by atoms with Gasteiger partial charge in [-0.1, -0.05) is 41.9 Å². The van der Waals surface area contributed by atoms with Crippen LogP contribution in [0.2, 0.25) is 5.02 Å². The van der Waals surface area contributed by atoms with E-state index in [1.807, 2.05) is 30.3 Å². The molecule has 2 atom stereocenters. The van der Waals surface area contributed by atoms with Crippen molar-refractivity contribution in [2.75, 3.05) is 25.0 Å². The van der Waals surface area contributed by atoms with Gasteiger partial charge < -0.3 is 10.4 Å². The normalized spacial score (nSPS) is 18.4. The van der Waals surface area contributed by atoms with E-state index in [1.165, 1.54) is 12.1 Å². The Bertz CT molecular complexity index is 847. The molecule has 3 rings (SSSR count). The highest BCUT2D eigenvalue weighted by Crippen LogP contribution is 2.30. The van der Waals surface area contributed by atoms with Gasteiger partial charge in [-0.15, -0.1) is 0 Å². The second kappa shape index (κ2) is 9.14. The Hall–Kier alpha value is -2.48. The number of benzene rings is 2. The van der Waals surface area contributed by atoms with Gasteiger partial charge in [0, 0.05) is 24.9 Å². The predicted molar refractivity (Wildman–Crippen MR) is 107 cm³/mol. The predicted octanol–water partition coefficient (Wildman–Crippen LogP) is 3.63. The summed E-state index contributed by atoms with van der Waals surface area (Å²) in [7, 11) is 0. The lowest BCUT2D eigenvalue weighted by Gasteiger charge is -2.37. The minimum absolute atomic E-state index is 0.0180. The summed E-state index contributed by atoms with van der Waals surface area (Å²) in [5, 5.41) is 23.5. The van der Waals surface area contributed by atoms with E-state index in [2.05, 4.69) is 10.2 Å². The molecule has 0 bridgehead atoms. The van der Waals surface area contributed by atoms with Gasteiger partial charge in [-0.3, -0.25) is 19.8 Å². The molecule has 28 heavy (non-hydrogen) atoms. The van der Waals surface area contributed by atoms with Crippen molar-refractivity contribution in [3.63, 3.8) is 0 Å². The molecule has 2 aromatic carbocycles. The Balaban J connectivity index is 1.87. The lowest BCUT2D eigenvalue weighted by molar-refractivity contribution is -0.384. The largest absolute Gasteiger partial charge is 0.396 e. The molecule has 148 valence electrons. The Morgan fingerprint density at radius 1 is 1.32 bits per heavy atom. The van der Waals surface area contributed by atoms with Gasteiger partial charge in [-0.05, 0) is 43.0 Å². The van der Waals surface area contributed by atoms with Gasteiger partial charge in [-0.25, -0.2) is 0 Å². The zero-order valence-electron chi connectivity index (χ0n) is 15.3. The number of carbonyl (C=O) groups is 1. The van der Waals surface area contributed by atoms with Crippen LogP contribution in [-0.4, -0.2) is 40.5 Å². The molecule has 1 heterocycles. The molecule has 1 aliphatic heterocycles. The zero-order chi connectivity index (χ0) is 20.1. The number of anilines is 1. The number of halogens is 1. The summed E-state index contributed by atoms with van der Waals surface area (Å²) < 4.78 is 0. The summed E-state index contributed by atoms with van der Waals surface area (Å²) in [5.74, 6) is -0.147. The fourth-order valence-corrected chi connectivity index (χ4v) is 3.77. The highest BCUT2D eigenvalue weighted by Gasteiger charge is 2.31. The van der Waals surface area contributed by atoms with E-state index in [-0.39, 0.29) is 29.1 Å². The molecule has 8 heteroatoms.